The molecule has 0 saturated carbocycles. The van der Waals surface area contributed by atoms with E-state index in [0.717, 1.165) is 5.56 Å². The van der Waals surface area contributed by atoms with Crippen molar-refractivity contribution in [3.63, 3.8) is 0 Å². The lowest BCUT2D eigenvalue weighted by Gasteiger charge is -2.61. The summed E-state index contributed by atoms with van der Waals surface area (Å²) < 4.78 is 23.1. The number of amides is 1. The first kappa shape index (κ1) is 18.9. The van der Waals surface area contributed by atoms with E-state index < -0.39 is 28.2 Å². The number of nitrogens with zero attached hydrogens (tertiary/aromatic N) is 1. The van der Waals surface area contributed by atoms with Crippen LogP contribution in [0, 0.1) is 5.41 Å². The summed E-state index contributed by atoms with van der Waals surface area (Å²) in [4.78, 5) is 17.1. The van der Waals surface area contributed by atoms with Crippen molar-refractivity contribution in [2.45, 2.75) is 51.4 Å². The zero-order valence-electron chi connectivity index (χ0n) is 16.9. The molecule has 2 spiro atoms. The van der Waals surface area contributed by atoms with Crippen LogP contribution in [0.3, 0.4) is 0 Å². The van der Waals surface area contributed by atoms with Gasteiger partial charge in [0, 0.05) is 11.3 Å². The second kappa shape index (κ2) is 5.76. The largest absolute Gasteiger partial charge is 0.487 e. The molecule has 8 heteroatoms. The SMILES string of the molecule is CC(C)(C)OC(=O)NC1=N[C@@]2(CO1)c1cc(N)ccc1OC(C)(C)C21COC1. The second-order valence-electron chi connectivity index (χ2n) is 9.14. The van der Waals surface area contributed by atoms with Gasteiger partial charge in [-0.25, -0.2) is 15.1 Å². The third-order valence-corrected chi connectivity index (χ3v) is 5.77. The average molecular weight is 389 g/mol. The fraction of sp³-hybridized carbons (Fsp3) is 0.600. The number of carbonyl (C=O) groups excluding carboxylic acids is 1. The number of fused-ring (bicyclic) bond motifs is 3. The van der Waals surface area contributed by atoms with Crippen LogP contribution in [-0.4, -0.2) is 43.1 Å². The molecule has 3 aliphatic heterocycles. The lowest BCUT2D eigenvalue weighted by Crippen LogP contribution is -2.71. The first-order valence-corrected chi connectivity index (χ1v) is 9.38. The standard InChI is InChI=1S/C20H27N3O5/c1-17(2,3)28-16(24)22-15-23-20(11-26-15)13-8-12(21)6-7-14(13)27-18(4,5)19(20)9-25-10-19/h6-8H,9-11,21H2,1-5H3,(H,22,23,24)/t20-/m0/s1. The number of nitrogens with two attached hydrogens (primary N) is 1. The zero-order chi connectivity index (χ0) is 20.4. The molecule has 1 saturated heterocycles. The van der Waals surface area contributed by atoms with Gasteiger partial charge in [0.1, 0.15) is 29.1 Å². The van der Waals surface area contributed by atoms with Gasteiger partial charge in [0.15, 0.2) is 0 Å². The van der Waals surface area contributed by atoms with Gasteiger partial charge in [-0.3, -0.25) is 0 Å². The molecule has 1 amide bonds. The normalized spacial score (nSPS) is 26.5. The minimum absolute atomic E-state index is 0.131. The number of nitrogens with one attached hydrogen (secondary N) is 1. The smallest absolute Gasteiger partial charge is 0.415 e. The number of anilines is 1. The van der Waals surface area contributed by atoms with Gasteiger partial charge in [-0.15, -0.1) is 0 Å². The van der Waals surface area contributed by atoms with E-state index in [1.807, 2.05) is 26.0 Å². The number of carbonyl (C=O) groups is 1. The maximum Gasteiger partial charge on any atom is 0.415 e. The molecule has 8 nitrogen and oxygen atoms in total. The highest BCUT2D eigenvalue weighted by Crippen LogP contribution is 2.62. The van der Waals surface area contributed by atoms with Gasteiger partial charge in [0.2, 0.25) is 0 Å². The topological polar surface area (TPSA) is 104 Å². The van der Waals surface area contributed by atoms with Gasteiger partial charge in [0.05, 0.1) is 18.6 Å². The molecule has 0 aliphatic carbocycles. The van der Waals surface area contributed by atoms with Crippen molar-refractivity contribution in [2.24, 2.45) is 10.4 Å². The molecule has 0 aromatic heterocycles. The van der Waals surface area contributed by atoms with E-state index in [1.54, 1.807) is 26.8 Å². The Hall–Kier alpha value is -2.48. The van der Waals surface area contributed by atoms with Gasteiger partial charge in [-0.1, -0.05) is 0 Å². The molecule has 1 aromatic rings. The van der Waals surface area contributed by atoms with Gasteiger partial charge in [-0.2, -0.15) is 0 Å². The Kier molecular flexibility index (Phi) is 3.88. The second-order valence-corrected chi connectivity index (χ2v) is 9.14. The maximum absolute atomic E-state index is 12.2. The highest BCUT2D eigenvalue weighted by molar-refractivity contribution is 5.92. The number of aliphatic imine (C=N–C) groups is 1. The van der Waals surface area contributed by atoms with Crippen LogP contribution in [0.15, 0.2) is 23.2 Å². The summed E-state index contributed by atoms with van der Waals surface area (Å²) in [5, 5.41) is 2.62. The molecular formula is C20H27N3O5. The van der Waals surface area contributed by atoms with Crippen molar-refractivity contribution in [1.82, 2.24) is 5.32 Å². The van der Waals surface area contributed by atoms with Crippen molar-refractivity contribution in [3.05, 3.63) is 23.8 Å². The van der Waals surface area contributed by atoms with Crippen LogP contribution < -0.4 is 15.8 Å². The van der Waals surface area contributed by atoms with E-state index in [9.17, 15) is 4.79 Å². The molecule has 4 rings (SSSR count). The molecule has 0 bridgehead atoms. The molecule has 1 aromatic carbocycles. The van der Waals surface area contributed by atoms with Crippen LogP contribution in [0.4, 0.5) is 10.5 Å². The predicted octanol–water partition coefficient (Wildman–Crippen LogP) is 2.56. The number of ether oxygens (including phenoxy) is 4. The number of hydrogen-bond donors (Lipinski definition) is 2. The summed E-state index contributed by atoms with van der Waals surface area (Å²) in [6.45, 7) is 10.7. The lowest BCUT2D eigenvalue weighted by molar-refractivity contribution is -0.247. The summed E-state index contributed by atoms with van der Waals surface area (Å²) >= 11 is 0. The van der Waals surface area contributed by atoms with Gasteiger partial charge in [-0.05, 0) is 52.8 Å². The van der Waals surface area contributed by atoms with E-state index in [-0.39, 0.29) is 12.6 Å². The van der Waals surface area contributed by atoms with Gasteiger partial charge >= 0.3 is 6.09 Å². The first-order valence-electron chi connectivity index (χ1n) is 9.38. The average Bonchev–Trinajstić information content (AvgIpc) is 2.88. The summed E-state index contributed by atoms with van der Waals surface area (Å²) in [5.74, 6) is 0.711. The van der Waals surface area contributed by atoms with E-state index in [0.29, 0.717) is 24.7 Å². The zero-order valence-corrected chi connectivity index (χ0v) is 16.9. The van der Waals surface area contributed by atoms with Crippen LogP contribution in [0.25, 0.3) is 0 Å². The molecule has 0 unspecified atom stereocenters. The van der Waals surface area contributed by atoms with Crippen molar-refractivity contribution >= 4 is 17.8 Å². The number of nitrogen functional groups attached to an aromatic ring is 1. The van der Waals surface area contributed by atoms with Crippen LogP contribution in [0.2, 0.25) is 0 Å². The first-order chi connectivity index (χ1) is 13.0. The Morgan fingerprint density at radius 2 is 1.96 bits per heavy atom. The number of amidine groups is 1. The fourth-order valence-electron chi connectivity index (χ4n) is 4.23. The summed E-state index contributed by atoms with van der Waals surface area (Å²) in [6.07, 6.45) is -0.610. The summed E-state index contributed by atoms with van der Waals surface area (Å²) in [7, 11) is 0. The molecule has 3 aliphatic rings. The molecule has 152 valence electrons. The quantitative estimate of drug-likeness (QED) is 0.661. The summed E-state index contributed by atoms with van der Waals surface area (Å²) in [6, 6.07) is 5.66. The van der Waals surface area contributed by atoms with Crippen molar-refractivity contribution in [1.29, 1.82) is 0 Å². The lowest BCUT2D eigenvalue weighted by atomic mass is 9.55. The Labute approximate surface area is 164 Å². The molecule has 3 N–H and O–H groups in total. The minimum atomic E-state index is -0.776. The molecular weight excluding hydrogens is 362 g/mol. The fourth-order valence-corrected chi connectivity index (χ4v) is 4.23. The Morgan fingerprint density at radius 1 is 1.25 bits per heavy atom. The van der Waals surface area contributed by atoms with Gasteiger partial charge in [0.25, 0.3) is 6.02 Å². The van der Waals surface area contributed by atoms with E-state index in [1.165, 1.54) is 0 Å². The molecule has 28 heavy (non-hydrogen) atoms. The molecule has 0 radical (unpaired) electrons. The maximum atomic E-state index is 12.2. The van der Waals surface area contributed by atoms with Crippen LogP contribution in [0.1, 0.15) is 40.2 Å². The molecule has 3 heterocycles. The van der Waals surface area contributed by atoms with Crippen LogP contribution in [-0.2, 0) is 19.7 Å². The number of benzene rings is 1. The van der Waals surface area contributed by atoms with Gasteiger partial charge < -0.3 is 24.7 Å². The van der Waals surface area contributed by atoms with Crippen molar-refractivity contribution in [2.75, 3.05) is 25.6 Å². The van der Waals surface area contributed by atoms with E-state index in [4.69, 9.17) is 29.7 Å². The Morgan fingerprint density at radius 3 is 2.57 bits per heavy atom. The highest BCUT2D eigenvalue weighted by atomic mass is 16.6. The minimum Gasteiger partial charge on any atom is -0.487 e. The summed E-state index contributed by atoms with van der Waals surface area (Å²) in [5.41, 5.74) is 5.13. The Bertz CT molecular complexity index is 854. The van der Waals surface area contributed by atoms with Crippen molar-refractivity contribution < 1.29 is 23.7 Å². The predicted molar refractivity (Wildman–Crippen MR) is 103 cm³/mol. The third kappa shape index (κ3) is 2.62. The van der Waals surface area contributed by atoms with Crippen LogP contribution in [0.5, 0.6) is 5.75 Å². The van der Waals surface area contributed by atoms with E-state index >= 15 is 0 Å². The monoisotopic (exact) mass is 389 g/mol. The molecule has 1 atom stereocenters. The Balaban J connectivity index is 1.77. The number of hydrogen-bond acceptors (Lipinski definition) is 7. The number of alkyl carbamates (subject to hydrolysis) is 1. The number of rotatable bonds is 0. The third-order valence-electron chi connectivity index (χ3n) is 5.77. The molecule has 1 fully saturated rings. The highest BCUT2D eigenvalue weighted by Gasteiger charge is 2.71. The van der Waals surface area contributed by atoms with E-state index in [2.05, 4.69) is 5.32 Å². The van der Waals surface area contributed by atoms with Crippen molar-refractivity contribution in [3.8, 4) is 5.75 Å². The van der Waals surface area contributed by atoms with Crippen LogP contribution >= 0.6 is 0 Å².